The van der Waals surface area contributed by atoms with Gasteiger partial charge in [-0.25, -0.2) is 4.98 Å². The van der Waals surface area contributed by atoms with Gasteiger partial charge in [-0.1, -0.05) is 12.1 Å². The van der Waals surface area contributed by atoms with Crippen LogP contribution < -0.4 is 10.3 Å². The molecule has 2 aromatic heterocycles. The molecule has 0 spiro atoms. The zero-order valence-electron chi connectivity index (χ0n) is 17.0. The molecular formula is C23H25N3O3S. The van der Waals surface area contributed by atoms with Crippen LogP contribution in [0, 0.1) is 0 Å². The first-order valence-electron chi connectivity index (χ1n) is 10.3. The molecule has 156 valence electrons. The largest absolute Gasteiger partial charge is 0.494 e. The molecule has 0 bridgehead atoms. The van der Waals surface area contributed by atoms with E-state index in [0.717, 1.165) is 36.1 Å². The molecule has 1 amide bonds. The Morgan fingerprint density at radius 1 is 1.27 bits per heavy atom. The maximum Gasteiger partial charge on any atom is 0.251 e. The van der Waals surface area contributed by atoms with Crippen LogP contribution >= 0.6 is 11.3 Å². The van der Waals surface area contributed by atoms with Gasteiger partial charge in [-0.2, -0.15) is 11.3 Å². The summed E-state index contributed by atoms with van der Waals surface area (Å²) in [5.74, 6) is 1.42. The van der Waals surface area contributed by atoms with Gasteiger partial charge in [0.1, 0.15) is 11.6 Å². The van der Waals surface area contributed by atoms with Gasteiger partial charge < -0.3 is 14.6 Å². The van der Waals surface area contributed by atoms with E-state index in [0.29, 0.717) is 31.1 Å². The molecule has 6 nitrogen and oxygen atoms in total. The van der Waals surface area contributed by atoms with E-state index in [1.807, 2.05) is 52.9 Å². The second kappa shape index (κ2) is 9.26. The van der Waals surface area contributed by atoms with Crippen molar-refractivity contribution in [3.8, 4) is 17.0 Å². The SMILES string of the molecule is CCOc1ccc(CC(=O)N2CCCCC2c2nc(-c3ccsc3)cc(=O)[nH]2)cc1. The third-order valence-electron chi connectivity index (χ3n) is 5.31. The lowest BCUT2D eigenvalue weighted by Crippen LogP contribution is -2.40. The summed E-state index contributed by atoms with van der Waals surface area (Å²) in [5.41, 5.74) is 2.34. The Labute approximate surface area is 179 Å². The Morgan fingerprint density at radius 3 is 2.83 bits per heavy atom. The maximum absolute atomic E-state index is 13.1. The minimum absolute atomic E-state index is 0.0486. The van der Waals surface area contributed by atoms with Crippen molar-refractivity contribution >= 4 is 17.2 Å². The topological polar surface area (TPSA) is 75.3 Å². The first-order chi connectivity index (χ1) is 14.6. The molecule has 1 fully saturated rings. The molecule has 7 heteroatoms. The number of amides is 1. The fourth-order valence-corrected chi connectivity index (χ4v) is 4.50. The summed E-state index contributed by atoms with van der Waals surface area (Å²) in [6.45, 7) is 3.23. The fourth-order valence-electron chi connectivity index (χ4n) is 3.85. The zero-order chi connectivity index (χ0) is 20.9. The summed E-state index contributed by atoms with van der Waals surface area (Å²) in [6, 6.07) is 10.9. The highest BCUT2D eigenvalue weighted by molar-refractivity contribution is 7.08. The number of thiophene rings is 1. The van der Waals surface area contributed by atoms with E-state index in [1.165, 1.54) is 6.07 Å². The van der Waals surface area contributed by atoms with Gasteiger partial charge in [0.25, 0.3) is 5.56 Å². The number of hydrogen-bond acceptors (Lipinski definition) is 5. The van der Waals surface area contributed by atoms with E-state index in [9.17, 15) is 9.59 Å². The zero-order valence-corrected chi connectivity index (χ0v) is 17.8. The molecule has 1 saturated heterocycles. The molecule has 0 radical (unpaired) electrons. The van der Waals surface area contributed by atoms with Crippen molar-refractivity contribution in [2.24, 2.45) is 0 Å². The number of nitrogens with zero attached hydrogens (tertiary/aromatic N) is 2. The van der Waals surface area contributed by atoms with Crippen LogP contribution in [0.15, 0.2) is 52.0 Å². The number of carbonyl (C=O) groups is 1. The molecule has 1 aromatic carbocycles. The third kappa shape index (κ3) is 4.62. The lowest BCUT2D eigenvalue weighted by Gasteiger charge is -2.35. The van der Waals surface area contributed by atoms with E-state index >= 15 is 0 Å². The lowest BCUT2D eigenvalue weighted by atomic mass is 9.99. The van der Waals surface area contributed by atoms with Crippen LogP contribution in [0.5, 0.6) is 5.75 Å². The van der Waals surface area contributed by atoms with Gasteiger partial charge in [0, 0.05) is 23.6 Å². The summed E-state index contributed by atoms with van der Waals surface area (Å²) >= 11 is 1.57. The Bertz CT molecular complexity index is 1040. The fraction of sp³-hybridized carbons (Fsp3) is 0.348. The summed E-state index contributed by atoms with van der Waals surface area (Å²) < 4.78 is 5.47. The van der Waals surface area contributed by atoms with Crippen molar-refractivity contribution in [3.63, 3.8) is 0 Å². The molecule has 0 aliphatic carbocycles. The molecule has 1 aliphatic heterocycles. The van der Waals surface area contributed by atoms with E-state index in [2.05, 4.69) is 4.98 Å². The molecule has 3 heterocycles. The van der Waals surface area contributed by atoms with Crippen molar-refractivity contribution in [2.75, 3.05) is 13.2 Å². The van der Waals surface area contributed by atoms with Gasteiger partial charge in [0.15, 0.2) is 0 Å². The van der Waals surface area contributed by atoms with Gasteiger partial charge in [-0.15, -0.1) is 0 Å². The van der Waals surface area contributed by atoms with Crippen LogP contribution in [0.4, 0.5) is 0 Å². The Morgan fingerprint density at radius 2 is 2.10 bits per heavy atom. The number of carbonyl (C=O) groups excluding carboxylic acids is 1. The predicted octanol–water partition coefficient (Wildman–Crippen LogP) is 4.19. The molecule has 1 aliphatic rings. The highest BCUT2D eigenvalue weighted by Gasteiger charge is 2.30. The number of ether oxygens (including phenoxy) is 1. The van der Waals surface area contributed by atoms with Crippen LogP contribution in [0.2, 0.25) is 0 Å². The van der Waals surface area contributed by atoms with E-state index < -0.39 is 0 Å². The second-order valence-corrected chi connectivity index (χ2v) is 8.16. The molecule has 1 unspecified atom stereocenters. The molecule has 0 saturated carbocycles. The first-order valence-corrected chi connectivity index (χ1v) is 11.2. The first kappa shape index (κ1) is 20.3. The smallest absolute Gasteiger partial charge is 0.251 e. The number of aromatic amines is 1. The number of H-pyrrole nitrogens is 1. The highest BCUT2D eigenvalue weighted by Crippen LogP contribution is 2.30. The summed E-state index contributed by atoms with van der Waals surface area (Å²) in [4.78, 5) is 34.9. The number of benzene rings is 1. The average molecular weight is 424 g/mol. The molecule has 4 rings (SSSR count). The van der Waals surface area contributed by atoms with Gasteiger partial charge in [0.2, 0.25) is 5.91 Å². The van der Waals surface area contributed by atoms with Crippen molar-refractivity contribution in [2.45, 2.75) is 38.6 Å². The van der Waals surface area contributed by atoms with Crippen molar-refractivity contribution < 1.29 is 9.53 Å². The molecule has 3 aromatic rings. The summed E-state index contributed by atoms with van der Waals surface area (Å²) in [7, 11) is 0. The average Bonchev–Trinajstić information content (AvgIpc) is 3.30. The summed E-state index contributed by atoms with van der Waals surface area (Å²) in [5, 5.41) is 3.94. The number of rotatable bonds is 6. The second-order valence-electron chi connectivity index (χ2n) is 7.38. The number of piperidine rings is 1. The van der Waals surface area contributed by atoms with Crippen LogP contribution in [-0.2, 0) is 11.2 Å². The van der Waals surface area contributed by atoms with Crippen molar-refractivity contribution in [1.82, 2.24) is 14.9 Å². The van der Waals surface area contributed by atoms with Crippen LogP contribution in [0.1, 0.15) is 43.6 Å². The Hall–Kier alpha value is -2.93. The van der Waals surface area contributed by atoms with Gasteiger partial charge >= 0.3 is 0 Å². The van der Waals surface area contributed by atoms with E-state index in [4.69, 9.17) is 9.72 Å². The van der Waals surface area contributed by atoms with E-state index in [-0.39, 0.29) is 17.5 Å². The minimum Gasteiger partial charge on any atom is -0.494 e. The lowest BCUT2D eigenvalue weighted by molar-refractivity contribution is -0.134. The van der Waals surface area contributed by atoms with E-state index in [1.54, 1.807) is 11.3 Å². The van der Waals surface area contributed by atoms with Crippen LogP contribution in [0.25, 0.3) is 11.3 Å². The molecule has 1 N–H and O–H groups in total. The Kier molecular flexibility index (Phi) is 6.28. The standard InChI is InChI=1S/C23H25N3O3S/c1-2-29-18-8-6-16(7-9-18)13-22(28)26-11-4-3-5-20(26)23-24-19(14-21(27)25-23)17-10-12-30-15-17/h6-10,12,14-15,20H,2-5,11,13H2,1H3,(H,24,25,27). The normalized spacial score (nSPS) is 16.4. The molecule has 30 heavy (non-hydrogen) atoms. The van der Waals surface area contributed by atoms with Gasteiger partial charge in [-0.05, 0) is 55.3 Å². The molecule has 1 atom stereocenters. The number of nitrogens with one attached hydrogen (secondary N) is 1. The summed E-state index contributed by atoms with van der Waals surface area (Å²) in [6.07, 6.45) is 3.08. The highest BCUT2D eigenvalue weighted by atomic mass is 32.1. The number of hydrogen-bond donors (Lipinski definition) is 1. The van der Waals surface area contributed by atoms with Crippen LogP contribution in [-0.4, -0.2) is 33.9 Å². The number of aromatic nitrogens is 2. The Balaban J connectivity index is 1.55. The molecular weight excluding hydrogens is 398 g/mol. The third-order valence-corrected chi connectivity index (χ3v) is 5.99. The number of likely N-dealkylation sites (tertiary alicyclic amines) is 1. The van der Waals surface area contributed by atoms with Crippen LogP contribution in [0.3, 0.4) is 0 Å². The van der Waals surface area contributed by atoms with Crippen molar-refractivity contribution in [3.05, 3.63) is 68.9 Å². The minimum atomic E-state index is -0.208. The maximum atomic E-state index is 13.1. The quantitative estimate of drug-likeness (QED) is 0.645. The van der Waals surface area contributed by atoms with Gasteiger partial charge in [-0.3, -0.25) is 9.59 Å². The monoisotopic (exact) mass is 423 g/mol. The predicted molar refractivity (Wildman–Crippen MR) is 118 cm³/mol. The van der Waals surface area contributed by atoms with Crippen molar-refractivity contribution in [1.29, 1.82) is 0 Å². The van der Waals surface area contributed by atoms with Gasteiger partial charge in [0.05, 0.1) is 24.8 Å².